The minimum atomic E-state index is -0.532. The summed E-state index contributed by atoms with van der Waals surface area (Å²) in [6.45, 7) is 2.24. The molecule has 1 aromatic rings. The molecule has 0 spiro atoms. The summed E-state index contributed by atoms with van der Waals surface area (Å²) in [6.07, 6.45) is 1.16. The van der Waals surface area contributed by atoms with Crippen molar-refractivity contribution in [3.63, 3.8) is 0 Å². The van der Waals surface area contributed by atoms with Crippen molar-refractivity contribution in [1.82, 2.24) is 0 Å². The van der Waals surface area contributed by atoms with E-state index in [0.29, 0.717) is 38.2 Å². The number of epoxide rings is 3. The van der Waals surface area contributed by atoms with Crippen molar-refractivity contribution < 1.29 is 38.1 Å². The van der Waals surface area contributed by atoms with E-state index in [1.807, 2.05) is 0 Å². The van der Waals surface area contributed by atoms with Crippen LogP contribution in [0.1, 0.15) is 39.1 Å². The Balaban J connectivity index is 1.44. The SMILES string of the molecule is O=C(CCC1CO1)Cc1cc(C(=O)OCC2CO2)ccc1C(=O)OCC1CO1. The van der Waals surface area contributed by atoms with Crippen LogP contribution in [0.3, 0.4) is 0 Å². The lowest BCUT2D eigenvalue weighted by molar-refractivity contribution is -0.118. The van der Waals surface area contributed by atoms with Gasteiger partial charge in [-0.1, -0.05) is 0 Å². The molecule has 1 aromatic carbocycles. The van der Waals surface area contributed by atoms with Gasteiger partial charge in [0.1, 0.15) is 31.2 Å². The maximum atomic E-state index is 12.4. The maximum absolute atomic E-state index is 12.4. The first-order chi connectivity index (χ1) is 13.6. The first kappa shape index (κ1) is 19.0. The van der Waals surface area contributed by atoms with E-state index in [-0.39, 0.29) is 54.9 Å². The zero-order valence-electron chi connectivity index (χ0n) is 15.4. The molecule has 0 aromatic heterocycles. The Bertz CT molecular complexity index is 761. The third kappa shape index (κ3) is 5.60. The van der Waals surface area contributed by atoms with Crippen LogP contribution in [0.5, 0.6) is 0 Å². The van der Waals surface area contributed by atoms with Gasteiger partial charge in [0, 0.05) is 12.8 Å². The minimum Gasteiger partial charge on any atom is -0.459 e. The number of carbonyl (C=O) groups excluding carboxylic acids is 3. The van der Waals surface area contributed by atoms with Crippen LogP contribution in [0.15, 0.2) is 18.2 Å². The van der Waals surface area contributed by atoms with Crippen LogP contribution in [0.2, 0.25) is 0 Å². The number of hydrogen-bond acceptors (Lipinski definition) is 8. The Kier molecular flexibility index (Phi) is 5.70. The second-order valence-corrected chi connectivity index (χ2v) is 7.19. The van der Waals surface area contributed by atoms with Crippen LogP contribution < -0.4 is 0 Å². The van der Waals surface area contributed by atoms with Crippen LogP contribution in [0.4, 0.5) is 0 Å². The van der Waals surface area contributed by atoms with Gasteiger partial charge in [-0.3, -0.25) is 4.79 Å². The van der Waals surface area contributed by atoms with Crippen molar-refractivity contribution in [2.75, 3.05) is 33.0 Å². The van der Waals surface area contributed by atoms with E-state index in [0.717, 1.165) is 0 Å². The van der Waals surface area contributed by atoms with Gasteiger partial charge in [0.2, 0.25) is 0 Å². The van der Waals surface area contributed by atoms with Gasteiger partial charge in [0.15, 0.2) is 0 Å². The Morgan fingerprint density at radius 2 is 1.50 bits per heavy atom. The molecule has 0 radical (unpaired) electrons. The number of Topliss-reactive ketones (excluding diaryl/α,β-unsaturated/α-hetero) is 1. The normalized spacial score (nSPS) is 24.4. The smallest absolute Gasteiger partial charge is 0.338 e. The molecule has 8 heteroatoms. The predicted octanol–water partition coefficient (Wildman–Crippen LogP) is 1.09. The summed E-state index contributed by atoms with van der Waals surface area (Å²) in [7, 11) is 0. The van der Waals surface area contributed by atoms with Crippen molar-refractivity contribution >= 4 is 17.7 Å². The second-order valence-electron chi connectivity index (χ2n) is 7.19. The molecule has 0 bridgehead atoms. The van der Waals surface area contributed by atoms with Crippen LogP contribution in [0, 0.1) is 0 Å². The molecule has 4 rings (SSSR count). The van der Waals surface area contributed by atoms with Crippen molar-refractivity contribution in [3.05, 3.63) is 34.9 Å². The number of hydrogen-bond donors (Lipinski definition) is 0. The fourth-order valence-corrected chi connectivity index (χ4v) is 2.75. The van der Waals surface area contributed by atoms with Crippen molar-refractivity contribution in [1.29, 1.82) is 0 Å². The van der Waals surface area contributed by atoms with Crippen molar-refractivity contribution in [2.24, 2.45) is 0 Å². The van der Waals surface area contributed by atoms with Gasteiger partial charge in [-0.2, -0.15) is 0 Å². The molecule has 3 aliphatic heterocycles. The van der Waals surface area contributed by atoms with E-state index in [1.165, 1.54) is 18.2 Å². The number of ether oxygens (including phenoxy) is 5. The highest BCUT2D eigenvalue weighted by Gasteiger charge is 2.27. The molecule has 3 atom stereocenters. The third-order valence-electron chi connectivity index (χ3n) is 4.70. The van der Waals surface area contributed by atoms with Gasteiger partial charge < -0.3 is 23.7 Å². The number of esters is 2. The summed E-state index contributed by atoms with van der Waals surface area (Å²) in [4.78, 5) is 37.0. The monoisotopic (exact) mass is 390 g/mol. The Labute approximate surface area is 162 Å². The fourth-order valence-electron chi connectivity index (χ4n) is 2.75. The third-order valence-corrected chi connectivity index (χ3v) is 4.70. The van der Waals surface area contributed by atoms with Crippen LogP contribution in [0.25, 0.3) is 0 Å². The average Bonchev–Trinajstić information content (AvgIpc) is 3.56. The number of carbonyl (C=O) groups is 3. The van der Waals surface area contributed by atoms with Gasteiger partial charge in [-0.05, 0) is 30.2 Å². The first-order valence-electron chi connectivity index (χ1n) is 9.42. The topological polar surface area (TPSA) is 107 Å². The Hall–Kier alpha value is -2.29. The van der Waals surface area contributed by atoms with E-state index in [9.17, 15) is 14.4 Å². The standard InChI is InChI=1S/C20H22O8/c21-14(2-3-15-7-24-15)6-13-5-12(19(22)27-10-16-8-25-16)1-4-18(13)20(23)28-11-17-9-26-17/h1,4-5,15-17H,2-3,6-11H2. The first-order valence-corrected chi connectivity index (χ1v) is 9.42. The van der Waals surface area contributed by atoms with Gasteiger partial charge >= 0.3 is 11.9 Å². The highest BCUT2D eigenvalue weighted by atomic mass is 16.6. The van der Waals surface area contributed by atoms with Crippen LogP contribution in [-0.4, -0.2) is 69.1 Å². The molecule has 0 amide bonds. The summed E-state index contributed by atoms with van der Waals surface area (Å²) < 4.78 is 25.6. The molecule has 3 saturated heterocycles. The number of rotatable bonds is 11. The lowest BCUT2D eigenvalue weighted by Crippen LogP contribution is -2.16. The molecule has 0 aliphatic carbocycles. The Morgan fingerprint density at radius 3 is 2.11 bits per heavy atom. The van der Waals surface area contributed by atoms with Crippen LogP contribution >= 0.6 is 0 Å². The molecule has 3 fully saturated rings. The van der Waals surface area contributed by atoms with Gasteiger partial charge in [-0.15, -0.1) is 0 Å². The zero-order valence-corrected chi connectivity index (χ0v) is 15.4. The number of benzene rings is 1. The molecule has 28 heavy (non-hydrogen) atoms. The van der Waals surface area contributed by atoms with E-state index in [2.05, 4.69) is 0 Å². The van der Waals surface area contributed by atoms with Crippen molar-refractivity contribution in [2.45, 2.75) is 37.6 Å². The summed E-state index contributed by atoms with van der Waals surface area (Å²) in [5.74, 6) is -1.07. The highest BCUT2D eigenvalue weighted by molar-refractivity contribution is 5.96. The molecular weight excluding hydrogens is 368 g/mol. The lowest BCUT2D eigenvalue weighted by atomic mass is 9.97. The molecule has 3 unspecified atom stereocenters. The molecule has 0 N–H and O–H groups in total. The largest absolute Gasteiger partial charge is 0.459 e. The molecular formula is C20H22O8. The van der Waals surface area contributed by atoms with Crippen LogP contribution in [-0.2, 0) is 34.9 Å². The lowest BCUT2D eigenvalue weighted by Gasteiger charge is -2.11. The second kappa shape index (κ2) is 8.38. The van der Waals surface area contributed by atoms with Crippen molar-refractivity contribution in [3.8, 4) is 0 Å². The highest BCUT2D eigenvalue weighted by Crippen LogP contribution is 2.20. The molecule has 3 aliphatic rings. The van der Waals surface area contributed by atoms with Gasteiger partial charge in [-0.25, -0.2) is 9.59 Å². The Morgan fingerprint density at radius 1 is 0.893 bits per heavy atom. The summed E-state index contributed by atoms with van der Waals surface area (Å²) in [5, 5.41) is 0. The molecule has 150 valence electrons. The quantitative estimate of drug-likeness (QED) is 0.408. The maximum Gasteiger partial charge on any atom is 0.338 e. The van der Waals surface area contributed by atoms with E-state index in [1.54, 1.807) is 0 Å². The van der Waals surface area contributed by atoms with E-state index < -0.39 is 11.9 Å². The van der Waals surface area contributed by atoms with E-state index in [4.69, 9.17) is 23.7 Å². The average molecular weight is 390 g/mol. The summed E-state index contributed by atoms with van der Waals surface area (Å²) in [6, 6.07) is 4.55. The molecule has 3 heterocycles. The predicted molar refractivity (Wildman–Crippen MR) is 94.2 cm³/mol. The molecule has 8 nitrogen and oxygen atoms in total. The van der Waals surface area contributed by atoms with Gasteiger partial charge in [0.25, 0.3) is 0 Å². The van der Waals surface area contributed by atoms with Gasteiger partial charge in [0.05, 0.1) is 37.1 Å². The number of ketones is 1. The summed E-state index contributed by atoms with van der Waals surface area (Å²) >= 11 is 0. The summed E-state index contributed by atoms with van der Waals surface area (Å²) in [5.41, 5.74) is 1.02. The minimum absolute atomic E-state index is 0.0213. The van der Waals surface area contributed by atoms with E-state index >= 15 is 0 Å². The zero-order chi connectivity index (χ0) is 19.5. The molecule has 0 saturated carbocycles. The fraction of sp³-hybridized carbons (Fsp3) is 0.550.